The van der Waals surface area contributed by atoms with Crippen LogP contribution in [0, 0.1) is 0 Å². The van der Waals surface area contributed by atoms with E-state index in [9.17, 15) is 4.79 Å². The van der Waals surface area contributed by atoms with Crippen molar-refractivity contribution in [3.05, 3.63) is 11.8 Å². The monoisotopic (exact) mass is 115 g/mol. The van der Waals surface area contributed by atoms with E-state index < -0.39 is 5.91 Å². The first kappa shape index (κ1) is 7.01. The molecular weight excluding hydrogens is 106 g/mol. The molecule has 0 aliphatic carbocycles. The van der Waals surface area contributed by atoms with E-state index in [0.29, 0.717) is 5.76 Å². The minimum absolute atomic E-state index is 0.482. The fraction of sp³-hybridized carbons (Fsp3) is 0.400. The maximum Gasteiger partial charge on any atom is 0.244 e. The lowest BCUT2D eigenvalue weighted by Crippen LogP contribution is -2.06. The number of primary amides is 1. The summed E-state index contributed by atoms with van der Waals surface area (Å²) < 4.78 is 4.62. The molecule has 0 heterocycles. The van der Waals surface area contributed by atoms with Crippen molar-refractivity contribution in [3.8, 4) is 0 Å². The average molecular weight is 115 g/mol. The molecule has 0 aromatic carbocycles. The number of nitrogens with two attached hydrogens (primary N) is 1. The molecule has 3 heteroatoms. The average Bonchev–Trinajstić information content (AvgIpc) is 1.65. The zero-order chi connectivity index (χ0) is 6.57. The van der Waals surface area contributed by atoms with Gasteiger partial charge < -0.3 is 10.5 Å². The number of allylic oxidation sites excluding steroid dienone is 1. The lowest BCUT2D eigenvalue weighted by molar-refractivity contribution is -0.113. The van der Waals surface area contributed by atoms with Crippen LogP contribution in [-0.2, 0) is 9.53 Å². The minimum Gasteiger partial charge on any atom is -0.501 e. The highest BCUT2D eigenvalue weighted by Gasteiger charge is 1.86. The van der Waals surface area contributed by atoms with Crippen molar-refractivity contribution < 1.29 is 9.53 Å². The highest BCUT2D eigenvalue weighted by molar-refractivity contribution is 5.86. The van der Waals surface area contributed by atoms with Crippen LogP contribution in [-0.4, -0.2) is 13.0 Å². The number of rotatable bonds is 2. The number of hydrogen-bond donors (Lipinski definition) is 1. The lowest BCUT2D eigenvalue weighted by atomic mass is 10.5. The van der Waals surface area contributed by atoms with E-state index in [4.69, 9.17) is 5.73 Å². The van der Waals surface area contributed by atoms with Crippen molar-refractivity contribution in [2.45, 2.75) is 6.92 Å². The van der Waals surface area contributed by atoms with Gasteiger partial charge in [-0.3, -0.25) is 4.79 Å². The van der Waals surface area contributed by atoms with E-state index in [1.54, 1.807) is 6.92 Å². The van der Waals surface area contributed by atoms with Gasteiger partial charge in [-0.15, -0.1) is 0 Å². The normalized spacial score (nSPS) is 11.0. The molecule has 0 aliphatic heterocycles. The largest absolute Gasteiger partial charge is 0.501 e. The molecule has 3 nitrogen and oxygen atoms in total. The molecule has 8 heavy (non-hydrogen) atoms. The number of amides is 1. The van der Waals surface area contributed by atoms with Crippen molar-refractivity contribution in [2.24, 2.45) is 5.73 Å². The quantitative estimate of drug-likeness (QED) is 0.407. The third-order valence-electron chi connectivity index (χ3n) is 0.667. The second-order valence-electron chi connectivity index (χ2n) is 1.36. The summed E-state index contributed by atoms with van der Waals surface area (Å²) in [5.74, 6) is 0.0434. The first-order valence-corrected chi connectivity index (χ1v) is 2.18. The molecule has 0 aromatic heterocycles. The van der Waals surface area contributed by atoms with Gasteiger partial charge in [-0.25, -0.2) is 0 Å². The first-order valence-electron chi connectivity index (χ1n) is 2.18. The molecule has 0 saturated heterocycles. The van der Waals surface area contributed by atoms with Crippen molar-refractivity contribution in [1.29, 1.82) is 0 Å². The molecule has 0 spiro atoms. The van der Waals surface area contributed by atoms with Gasteiger partial charge in [0, 0.05) is 6.08 Å². The number of carbonyl (C=O) groups excluding carboxylic acids is 1. The molecule has 0 fully saturated rings. The van der Waals surface area contributed by atoms with E-state index in [-0.39, 0.29) is 0 Å². The maximum atomic E-state index is 10.0. The fourth-order valence-corrected chi connectivity index (χ4v) is 0.259. The van der Waals surface area contributed by atoms with Crippen LogP contribution in [0.15, 0.2) is 11.8 Å². The topological polar surface area (TPSA) is 52.3 Å². The third kappa shape index (κ3) is 3.21. The number of ether oxygens (including phenoxy) is 1. The Bertz CT molecular complexity index is 118. The van der Waals surface area contributed by atoms with Crippen LogP contribution >= 0.6 is 0 Å². The Hall–Kier alpha value is -0.990. The Labute approximate surface area is 48.1 Å². The van der Waals surface area contributed by atoms with Crippen LogP contribution < -0.4 is 5.73 Å². The van der Waals surface area contributed by atoms with Gasteiger partial charge in [-0.05, 0) is 6.92 Å². The fourth-order valence-electron chi connectivity index (χ4n) is 0.259. The van der Waals surface area contributed by atoms with Gasteiger partial charge in [0.15, 0.2) is 0 Å². The Morgan fingerprint density at radius 1 is 1.75 bits per heavy atom. The van der Waals surface area contributed by atoms with Crippen molar-refractivity contribution in [2.75, 3.05) is 7.11 Å². The summed E-state index contributed by atoms with van der Waals surface area (Å²) in [6.45, 7) is 1.66. The van der Waals surface area contributed by atoms with E-state index >= 15 is 0 Å². The van der Waals surface area contributed by atoms with Crippen LogP contribution in [0.5, 0.6) is 0 Å². The number of carbonyl (C=O) groups is 1. The van der Waals surface area contributed by atoms with Gasteiger partial charge in [0.25, 0.3) is 0 Å². The summed E-state index contributed by atoms with van der Waals surface area (Å²) in [5.41, 5.74) is 4.77. The second-order valence-corrected chi connectivity index (χ2v) is 1.36. The van der Waals surface area contributed by atoms with Gasteiger partial charge in [-0.2, -0.15) is 0 Å². The Morgan fingerprint density at radius 2 is 2.25 bits per heavy atom. The summed E-state index contributed by atoms with van der Waals surface area (Å²) in [7, 11) is 1.48. The summed E-state index contributed by atoms with van der Waals surface area (Å²) >= 11 is 0. The molecule has 0 saturated carbocycles. The SMILES string of the molecule is CO/C(C)=C\C(N)=O. The summed E-state index contributed by atoms with van der Waals surface area (Å²) in [5, 5.41) is 0. The molecule has 0 unspecified atom stereocenters. The molecule has 1 amide bonds. The van der Waals surface area contributed by atoms with Gasteiger partial charge in [-0.1, -0.05) is 0 Å². The highest BCUT2D eigenvalue weighted by Crippen LogP contribution is 1.88. The van der Waals surface area contributed by atoms with Crippen LogP contribution in [0.3, 0.4) is 0 Å². The van der Waals surface area contributed by atoms with Crippen molar-refractivity contribution in [1.82, 2.24) is 0 Å². The second kappa shape index (κ2) is 3.07. The standard InChI is InChI=1S/C5H9NO2/c1-4(8-2)3-5(6)7/h3H,1-2H3,(H2,6,7)/b4-3-. The summed E-state index contributed by atoms with van der Waals surface area (Å²) in [4.78, 5) is 10.0. The molecule has 0 rings (SSSR count). The van der Waals surface area contributed by atoms with Crippen molar-refractivity contribution >= 4 is 5.91 Å². The van der Waals surface area contributed by atoms with Crippen LogP contribution in [0.25, 0.3) is 0 Å². The van der Waals surface area contributed by atoms with Crippen LogP contribution in [0.4, 0.5) is 0 Å². The van der Waals surface area contributed by atoms with Crippen molar-refractivity contribution in [3.63, 3.8) is 0 Å². The first-order chi connectivity index (χ1) is 3.66. The Morgan fingerprint density at radius 3 is 2.38 bits per heavy atom. The molecular formula is C5H9NO2. The molecule has 2 N–H and O–H groups in total. The smallest absolute Gasteiger partial charge is 0.244 e. The van der Waals surface area contributed by atoms with E-state index in [2.05, 4.69) is 4.74 Å². The van der Waals surface area contributed by atoms with Gasteiger partial charge in [0.05, 0.1) is 12.9 Å². The summed E-state index contributed by atoms with van der Waals surface area (Å²) in [6.07, 6.45) is 1.22. The third-order valence-corrected chi connectivity index (χ3v) is 0.667. The molecule has 0 radical (unpaired) electrons. The van der Waals surface area contributed by atoms with Gasteiger partial charge >= 0.3 is 0 Å². The van der Waals surface area contributed by atoms with Gasteiger partial charge in [0.2, 0.25) is 5.91 Å². The zero-order valence-corrected chi connectivity index (χ0v) is 4.97. The van der Waals surface area contributed by atoms with E-state index in [1.165, 1.54) is 13.2 Å². The molecule has 46 valence electrons. The van der Waals surface area contributed by atoms with E-state index in [0.717, 1.165) is 0 Å². The molecule has 0 aromatic rings. The molecule has 0 aliphatic rings. The number of methoxy groups -OCH3 is 1. The molecule has 0 atom stereocenters. The maximum absolute atomic E-state index is 10.0. The Balaban J connectivity index is 3.75. The molecule has 0 bridgehead atoms. The Kier molecular flexibility index (Phi) is 2.69. The highest BCUT2D eigenvalue weighted by atomic mass is 16.5. The van der Waals surface area contributed by atoms with Gasteiger partial charge in [0.1, 0.15) is 0 Å². The predicted molar refractivity (Wildman–Crippen MR) is 30.0 cm³/mol. The van der Waals surface area contributed by atoms with Crippen LogP contribution in [0.1, 0.15) is 6.92 Å². The lowest BCUT2D eigenvalue weighted by Gasteiger charge is -1.93. The van der Waals surface area contributed by atoms with Crippen LogP contribution in [0.2, 0.25) is 0 Å². The van der Waals surface area contributed by atoms with E-state index in [1.807, 2.05) is 0 Å². The predicted octanol–water partition coefficient (Wildman–Crippen LogP) is 0.0219. The summed E-state index contributed by atoms with van der Waals surface area (Å²) in [6, 6.07) is 0. The number of hydrogen-bond acceptors (Lipinski definition) is 2. The zero-order valence-electron chi connectivity index (χ0n) is 4.97. The minimum atomic E-state index is -0.482.